The first-order valence-electron chi connectivity index (χ1n) is 3.65. The van der Waals surface area contributed by atoms with E-state index in [1.54, 1.807) is 0 Å². The Labute approximate surface area is 65.7 Å². The fourth-order valence-corrected chi connectivity index (χ4v) is 1.25. The SMILES string of the molecule is CC1=CC(C)OC(C(=O)O)C1. The van der Waals surface area contributed by atoms with Crippen molar-refractivity contribution in [3.63, 3.8) is 0 Å². The second-order valence-electron chi connectivity index (χ2n) is 2.89. The van der Waals surface area contributed by atoms with E-state index in [9.17, 15) is 4.79 Å². The number of carboxylic acid groups (broad SMARTS) is 1. The van der Waals surface area contributed by atoms with Gasteiger partial charge in [-0.15, -0.1) is 0 Å². The zero-order valence-corrected chi connectivity index (χ0v) is 6.70. The molecular formula is C8H12O3. The topological polar surface area (TPSA) is 46.5 Å². The van der Waals surface area contributed by atoms with Gasteiger partial charge in [0.25, 0.3) is 0 Å². The number of aliphatic carboxylic acids is 1. The van der Waals surface area contributed by atoms with Crippen molar-refractivity contribution in [1.29, 1.82) is 0 Å². The summed E-state index contributed by atoms with van der Waals surface area (Å²) in [6.45, 7) is 3.77. The molecule has 3 heteroatoms. The molecule has 2 atom stereocenters. The van der Waals surface area contributed by atoms with E-state index in [2.05, 4.69) is 0 Å². The van der Waals surface area contributed by atoms with Gasteiger partial charge in [-0.05, 0) is 13.8 Å². The lowest BCUT2D eigenvalue weighted by atomic mass is 10.0. The summed E-state index contributed by atoms with van der Waals surface area (Å²) in [6.07, 6.45) is 1.75. The Hall–Kier alpha value is -0.830. The van der Waals surface area contributed by atoms with Crippen LogP contribution in [0, 0.1) is 0 Å². The monoisotopic (exact) mass is 156 g/mol. The molecule has 3 nitrogen and oxygen atoms in total. The zero-order valence-electron chi connectivity index (χ0n) is 6.70. The van der Waals surface area contributed by atoms with Crippen LogP contribution in [0.3, 0.4) is 0 Å². The molecule has 62 valence electrons. The van der Waals surface area contributed by atoms with E-state index in [0.717, 1.165) is 5.57 Å². The van der Waals surface area contributed by atoms with Gasteiger partial charge in [0.05, 0.1) is 6.10 Å². The molecule has 0 aliphatic carbocycles. The van der Waals surface area contributed by atoms with Gasteiger partial charge in [-0.2, -0.15) is 0 Å². The Balaban J connectivity index is 2.64. The maximum absolute atomic E-state index is 10.5. The van der Waals surface area contributed by atoms with Crippen LogP contribution in [0.25, 0.3) is 0 Å². The van der Waals surface area contributed by atoms with Crippen LogP contribution in [0.2, 0.25) is 0 Å². The molecule has 0 amide bonds. The van der Waals surface area contributed by atoms with Gasteiger partial charge in [0, 0.05) is 6.42 Å². The smallest absolute Gasteiger partial charge is 0.333 e. The summed E-state index contributed by atoms with van der Waals surface area (Å²) >= 11 is 0. The summed E-state index contributed by atoms with van der Waals surface area (Å²) in [5.74, 6) is -0.871. The molecule has 1 N–H and O–H groups in total. The molecule has 1 aliphatic rings. The van der Waals surface area contributed by atoms with Crippen molar-refractivity contribution in [2.24, 2.45) is 0 Å². The Kier molecular flexibility index (Phi) is 2.29. The second-order valence-corrected chi connectivity index (χ2v) is 2.89. The number of hydrogen-bond acceptors (Lipinski definition) is 2. The minimum atomic E-state index is -0.871. The highest BCUT2D eigenvalue weighted by Gasteiger charge is 2.24. The summed E-state index contributed by atoms with van der Waals surface area (Å²) in [7, 11) is 0. The average Bonchev–Trinajstić information content (AvgIpc) is 1.85. The van der Waals surface area contributed by atoms with E-state index in [1.807, 2.05) is 19.9 Å². The zero-order chi connectivity index (χ0) is 8.43. The molecule has 0 aromatic rings. The van der Waals surface area contributed by atoms with Gasteiger partial charge in [0.1, 0.15) is 0 Å². The molecule has 0 aromatic carbocycles. The molecule has 2 unspecified atom stereocenters. The van der Waals surface area contributed by atoms with Crippen LogP contribution < -0.4 is 0 Å². The fourth-order valence-electron chi connectivity index (χ4n) is 1.25. The van der Waals surface area contributed by atoms with Crippen molar-refractivity contribution in [1.82, 2.24) is 0 Å². The standard InChI is InChI=1S/C8H12O3/c1-5-3-6(2)11-7(4-5)8(9)10/h3,6-7H,4H2,1-2H3,(H,9,10). The highest BCUT2D eigenvalue weighted by atomic mass is 16.5. The lowest BCUT2D eigenvalue weighted by Crippen LogP contribution is -2.30. The Morgan fingerprint density at radius 3 is 2.91 bits per heavy atom. The minimum Gasteiger partial charge on any atom is -0.479 e. The highest BCUT2D eigenvalue weighted by molar-refractivity contribution is 5.73. The van der Waals surface area contributed by atoms with E-state index < -0.39 is 12.1 Å². The first-order valence-corrected chi connectivity index (χ1v) is 3.65. The summed E-state index contributed by atoms with van der Waals surface area (Å²) in [5, 5.41) is 8.62. The summed E-state index contributed by atoms with van der Waals surface area (Å²) in [5.41, 5.74) is 1.09. The number of rotatable bonds is 1. The van der Waals surface area contributed by atoms with Crippen molar-refractivity contribution < 1.29 is 14.6 Å². The van der Waals surface area contributed by atoms with Crippen molar-refractivity contribution in [3.05, 3.63) is 11.6 Å². The predicted molar refractivity (Wildman–Crippen MR) is 40.3 cm³/mol. The van der Waals surface area contributed by atoms with Gasteiger partial charge in [-0.3, -0.25) is 0 Å². The van der Waals surface area contributed by atoms with Crippen LogP contribution >= 0.6 is 0 Å². The second kappa shape index (κ2) is 3.05. The third kappa shape index (κ3) is 2.05. The van der Waals surface area contributed by atoms with Gasteiger partial charge in [0.15, 0.2) is 6.10 Å². The maximum Gasteiger partial charge on any atom is 0.333 e. The summed E-state index contributed by atoms with van der Waals surface area (Å²) in [6, 6.07) is 0. The van der Waals surface area contributed by atoms with E-state index >= 15 is 0 Å². The molecule has 1 rings (SSSR count). The molecule has 0 spiro atoms. The third-order valence-electron chi connectivity index (χ3n) is 1.68. The molecule has 0 radical (unpaired) electrons. The fraction of sp³-hybridized carbons (Fsp3) is 0.625. The molecular weight excluding hydrogens is 144 g/mol. The molecule has 0 aromatic heterocycles. The van der Waals surface area contributed by atoms with Crippen LogP contribution in [0.15, 0.2) is 11.6 Å². The summed E-state index contributed by atoms with van der Waals surface area (Å²) in [4.78, 5) is 10.5. The molecule has 0 saturated carbocycles. The van der Waals surface area contributed by atoms with Gasteiger partial charge in [-0.25, -0.2) is 4.79 Å². The molecule has 0 fully saturated rings. The van der Waals surface area contributed by atoms with Gasteiger partial charge in [-0.1, -0.05) is 11.6 Å². The Bertz CT molecular complexity index is 196. The first kappa shape index (κ1) is 8.27. The normalized spacial score (nSPS) is 31.3. The quantitative estimate of drug-likeness (QED) is 0.580. The number of carbonyl (C=O) groups is 1. The average molecular weight is 156 g/mol. The summed E-state index contributed by atoms with van der Waals surface area (Å²) < 4.78 is 5.14. The lowest BCUT2D eigenvalue weighted by molar-refractivity contribution is -0.152. The predicted octanol–water partition coefficient (Wildman–Crippen LogP) is 1.19. The molecule has 0 saturated heterocycles. The minimum absolute atomic E-state index is 0.0650. The first-order chi connectivity index (χ1) is 5.09. The van der Waals surface area contributed by atoms with Crippen LogP contribution in [0.5, 0.6) is 0 Å². The van der Waals surface area contributed by atoms with E-state index in [0.29, 0.717) is 6.42 Å². The van der Waals surface area contributed by atoms with E-state index in [4.69, 9.17) is 9.84 Å². The Morgan fingerprint density at radius 2 is 2.45 bits per heavy atom. The number of ether oxygens (including phenoxy) is 1. The van der Waals surface area contributed by atoms with Gasteiger partial charge in [0.2, 0.25) is 0 Å². The number of hydrogen-bond donors (Lipinski definition) is 1. The van der Waals surface area contributed by atoms with Crippen molar-refractivity contribution in [2.45, 2.75) is 32.5 Å². The van der Waals surface area contributed by atoms with Crippen molar-refractivity contribution in [3.8, 4) is 0 Å². The molecule has 1 heterocycles. The Morgan fingerprint density at radius 1 is 1.82 bits per heavy atom. The van der Waals surface area contributed by atoms with E-state index in [-0.39, 0.29) is 6.10 Å². The van der Waals surface area contributed by atoms with Gasteiger partial charge < -0.3 is 9.84 Å². The highest BCUT2D eigenvalue weighted by Crippen LogP contribution is 2.18. The molecule has 11 heavy (non-hydrogen) atoms. The maximum atomic E-state index is 10.5. The van der Waals surface area contributed by atoms with Gasteiger partial charge >= 0.3 is 5.97 Å². The van der Waals surface area contributed by atoms with Crippen LogP contribution in [0.1, 0.15) is 20.3 Å². The van der Waals surface area contributed by atoms with Crippen molar-refractivity contribution in [2.75, 3.05) is 0 Å². The van der Waals surface area contributed by atoms with Crippen LogP contribution in [-0.2, 0) is 9.53 Å². The van der Waals surface area contributed by atoms with E-state index in [1.165, 1.54) is 0 Å². The van der Waals surface area contributed by atoms with Crippen molar-refractivity contribution >= 4 is 5.97 Å². The third-order valence-corrected chi connectivity index (χ3v) is 1.68. The lowest BCUT2D eigenvalue weighted by Gasteiger charge is -2.22. The van der Waals surface area contributed by atoms with Crippen LogP contribution in [-0.4, -0.2) is 23.3 Å². The largest absolute Gasteiger partial charge is 0.479 e. The number of carboxylic acids is 1. The molecule has 0 bridgehead atoms. The van der Waals surface area contributed by atoms with Crippen LogP contribution in [0.4, 0.5) is 0 Å². The molecule has 1 aliphatic heterocycles.